The molecule has 0 fully saturated rings. The number of carbonyl (C=O) groups is 1. The van der Waals surface area contributed by atoms with Gasteiger partial charge in [0.05, 0.1) is 29.0 Å². The maximum absolute atomic E-state index is 13.3. The van der Waals surface area contributed by atoms with Gasteiger partial charge in [-0.3, -0.25) is 9.00 Å². The number of benzene rings is 1. The highest BCUT2D eigenvalue weighted by Gasteiger charge is 2.43. The van der Waals surface area contributed by atoms with Gasteiger partial charge < -0.3 is 19.5 Å². The minimum atomic E-state index is -2.50. The van der Waals surface area contributed by atoms with Gasteiger partial charge in [0.25, 0.3) is 5.56 Å². The van der Waals surface area contributed by atoms with Crippen molar-refractivity contribution in [3.05, 3.63) is 56.9 Å². The molecule has 162 valence electrons. The number of cyclic esters (lactones) is 1. The maximum atomic E-state index is 13.3. The molecule has 2 aromatic heterocycles. The van der Waals surface area contributed by atoms with Crippen LogP contribution in [0.15, 0.2) is 29.1 Å². The molecule has 0 aliphatic carbocycles. The summed E-state index contributed by atoms with van der Waals surface area (Å²) in [7, 11) is -2.50. The number of nitrogens with zero attached hydrogens (tertiary/aromatic N) is 2. The van der Waals surface area contributed by atoms with Crippen LogP contribution in [0.2, 0.25) is 0 Å². The van der Waals surface area contributed by atoms with Crippen molar-refractivity contribution < 1.29 is 24.0 Å². The fourth-order valence-electron chi connectivity index (χ4n) is 4.46. The summed E-state index contributed by atoms with van der Waals surface area (Å²) in [6.07, 6.45) is 3.39. The number of rotatable bonds is 2. The van der Waals surface area contributed by atoms with Crippen LogP contribution in [0.1, 0.15) is 29.2 Å². The number of esters is 1. The van der Waals surface area contributed by atoms with Gasteiger partial charge in [0.1, 0.15) is 12.4 Å². The van der Waals surface area contributed by atoms with E-state index in [1.807, 2.05) is 0 Å². The Bertz CT molecular complexity index is 1420. The molecule has 2 aliphatic heterocycles. The summed E-state index contributed by atoms with van der Waals surface area (Å²) in [5.74, 6) is -0.435. The van der Waals surface area contributed by atoms with E-state index in [0.29, 0.717) is 28.0 Å². The fourth-order valence-corrected chi connectivity index (χ4v) is 5.59. The molecule has 0 radical (unpaired) electrons. The van der Waals surface area contributed by atoms with Crippen LogP contribution in [0.5, 0.6) is 5.75 Å². The van der Waals surface area contributed by atoms with Crippen LogP contribution >= 0.6 is 0 Å². The summed E-state index contributed by atoms with van der Waals surface area (Å²) in [6.45, 7) is 1.34. The van der Waals surface area contributed by atoms with Crippen molar-refractivity contribution in [1.29, 1.82) is 0 Å². The quantitative estimate of drug-likeness (QED) is 0.315. The molecule has 3 aromatic rings. The molecule has 1 aromatic carbocycles. The molecular weight excluding hydrogens is 420 g/mol. The number of aliphatic hydroxyl groups is 1. The number of hydrogen-bond donors (Lipinski definition) is 3. The van der Waals surface area contributed by atoms with E-state index in [0.717, 1.165) is 11.1 Å². The van der Waals surface area contributed by atoms with Gasteiger partial charge in [-0.05, 0) is 49.3 Å². The lowest BCUT2D eigenvalue weighted by molar-refractivity contribution is -0.169. The van der Waals surface area contributed by atoms with Crippen molar-refractivity contribution in [2.45, 2.75) is 31.4 Å². The van der Waals surface area contributed by atoms with E-state index in [1.54, 1.807) is 35.3 Å². The van der Waals surface area contributed by atoms with Crippen LogP contribution < -0.4 is 5.56 Å². The Hall–Kier alpha value is -3.04. The first-order valence-corrected chi connectivity index (χ1v) is 12.6. The molecule has 0 bridgehead atoms. The Labute approximate surface area is 178 Å². The summed E-state index contributed by atoms with van der Waals surface area (Å²) >= 11 is 0. The monoisotopic (exact) mass is 442 g/mol. The number of hydrogen-bond acceptors (Lipinski definition) is 7. The van der Waals surface area contributed by atoms with Crippen LogP contribution in [0, 0.1) is 0 Å². The van der Waals surface area contributed by atoms with E-state index < -0.39 is 21.5 Å². The van der Waals surface area contributed by atoms with E-state index in [2.05, 4.69) is 0 Å². The topological polar surface area (TPSA) is 119 Å². The zero-order chi connectivity index (χ0) is 22.3. The summed E-state index contributed by atoms with van der Waals surface area (Å²) in [6, 6.07) is 6.43. The first kappa shape index (κ1) is 19.9. The lowest BCUT2D eigenvalue weighted by Gasteiger charge is -2.29. The van der Waals surface area contributed by atoms with Crippen LogP contribution in [-0.4, -0.2) is 42.5 Å². The predicted octanol–water partition coefficient (Wildman–Crippen LogP) is 1.17. The number of phenolic OH excluding ortho intramolecular Hbond substituents is 1. The Morgan fingerprint density at radius 3 is 2.68 bits per heavy atom. The van der Waals surface area contributed by atoms with Gasteiger partial charge in [-0.25, -0.2) is 9.78 Å². The maximum Gasteiger partial charge on any atom is 0.342 e. The lowest BCUT2D eigenvalue weighted by atomic mass is 9.89. The number of thiol groups is 1. The first-order chi connectivity index (χ1) is 14.5. The molecule has 0 saturated carbocycles. The van der Waals surface area contributed by atoms with Gasteiger partial charge in [0.2, 0.25) is 0 Å². The number of pyridine rings is 2. The molecule has 0 spiro atoms. The van der Waals surface area contributed by atoms with Crippen molar-refractivity contribution in [1.82, 2.24) is 9.55 Å². The fraction of sp³-hybridized carbons (Fsp3) is 0.318. The van der Waals surface area contributed by atoms with Crippen molar-refractivity contribution in [3.8, 4) is 17.1 Å². The molecule has 2 N–H and O–H groups in total. The van der Waals surface area contributed by atoms with E-state index >= 15 is 0 Å². The second kappa shape index (κ2) is 6.24. The number of carbonyl (C=O) groups excluding carboxylic acids is 1. The third-order valence-electron chi connectivity index (χ3n) is 5.96. The number of aromatic nitrogens is 2. The molecule has 1 atom stereocenters. The molecular formula is C22H22N2O6S. The molecule has 0 unspecified atom stereocenters. The summed E-state index contributed by atoms with van der Waals surface area (Å²) in [5, 5.41) is 21.4. The zero-order valence-electron chi connectivity index (χ0n) is 17.3. The number of fused-ring (bicyclic) bond motifs is 5. The zero-order valence-corrected chi connectivity index (χ0v) is 18.2. The Kier molecular flexibility index (Phi) is 4.00. The van der Waals surface area contributed by atoms with Crippen molar-refractivity contribution in [2.75, 3.05) is 12.5 Å². The van der Waals surface area contributed by atoms with E-state index in [1.165, 1.54) is 13.0 Å². The molecule has 0 amide bonds. The standard InChI is InChI=1S/C22H22N2O6S/c1-22(28)16-7-18-19-13(8-24(18)20(26)14(16)9-30-21(22)27)15(10-31(2,3)29)12-6-11(25)4-5-17(12)23-19/h4-7,25,28,31H,8-10H2,1-3H3/t22-/m0/s1. The van der Waals surface area contributed by atoms with Gasteiger partial charge in [-0.1, -0.05) is 0 Å². The lowest BCUT2D eigenvalue weighted by Crippen LogP contribution is -2.42. The predicted molar refractivity (Wildman–Crippen MR) is 117 cm³/mol. The van der Waals surface area contributed by atoms with Crippen molar-refractivity contribution in [2.24, 2.45) is 0 Å². The van der Waals surface area contributed by atoms with Gasteiger partial charge in [-0.2, -0.15) is 0 Å². The second-order valence-electron chi connectivity index (χ2n) is 8.81. The Balaban J connectivity index is 1.84. The number of aromatic hydroxyl groups is 1. The SMILES string of the molecule is C[C@@]1(O)C(=O)OCc2c1cc1n(c2=O)Cc2c-1nc1ccc(O)cc1c2C[SH](C)(C)=O. The average molecular weight is 442 g/mol. The number of ether oxygens (including phenoxy) is 1. The largest absolute Gasteiger partial charge is 0.508 e. The highest BCUT2D eigenvalue weighted by Crippen LogP contribution is 2.40. The van der Waals surface area contributed by atoms with Gasteiger partial charge in [0, 0.05) is 22.3 Å². The van der Waals surface area contributed by atoms with Crippen LogP contribution in [-0.2, 0) is 44.0 Å². The third kappa shape index (κ3) is 2.91. The highest BCUT2D eigenvalue weighted by atomic mass is 32.2. The van der Waals surface area contributed by atoms with E-state index in [4.69, 9.17) is 9.72 Å². The highest BCUT2D eigenvalue weighted by molar-refractivity contribution is 8.01. The van der Waals surface area contributed by atoms with E-state index in [9.17, 15) is 24.0 Å². The van der Waals surface area contributed by atoms with Gasteiger partial charge in [0.15, 0.2) is 5.60 Å². The minimum absolute atomic E-state index is 0.0763. The average Bonchev–Trinajstić information content (AvgIpc) is 3.04. The van der Waals surface area contributed by atoms with E-state index in [-0.39, 0.29) is 35.6 Å². The molecule has 31 heavy (non-hydrogen) atoms. The second-order valence-corrected chi connectivity index (χ2v) is 12.3. The minimum Gasteiger partial charge on any atom is -0.508 e. The molecule has 8 nitrogen and oxygen atoms in total. The number of phenols is 1. The van der Waals surface area contributed by atoms with Gasteiger partial charge >= 0.3 is 5.97 Å². The molecule has 2 aliphatic rings. The molecule has 9 heteroatoms. The van der Waals surface area contributed by atoms with Crippen LogP contribution in [0.3, 0.4) is 0 Å². The van der Waals surface area contributed by atoms with Crippen molar-refractivity contribution in [3.63, 3.8) is 0 Å². The Morgan fingerprint density at radius 2 is 1.97 bits per heavy atom. The van der Waals surface area contributed by atoms with Gasteiger partial charge in [-0.15, -0.1) is 9.93 Å². The van der Waals surface area contributed by atoms with Crippen LogP contribution in [0.25, 0.3) is 22.3 Å². The Morgan fingerprint density at radius 1 is 1.23 bits per heavy atom. The normalized spacial score (nSPS) is 20.2. The molecule has 4 heterocycles. The third-order valence-corrected chi connectivity index (χ3v) is 7.03. The summed E-state index contributed by atoms with van der Waals surface area (Å²) in [5.41, 5.74) is 1.36. The van der Waals surface area contributed by atoms with Crippen molar-refractivity contribution >= 4 is 26.8 Å². The smallest absolute Gasteiger partial charge is 0.342 e. The molecule has 5 rings (SSSR count). The van der Waals surface area contributed by atoms with Crippen LogP contribution in [0.4, 0.5) is 0 Å². The first-order valence-electron chi connectivity index (χ1n) is 9.83. The summed E-state index contributed by atoms with van der Waals surface area (Å²) in [4.78, 5) is 30.1. The molecule has 0 saturated heterocycles. The summed E-state index contributed by atoms with van der Waals surface area (Å²) < 4.78 is 19.3.